The Bertz CT molecular complexity index is 66.1. The summed E-state index contributed by atoms with van der Waals surface area (Å²) in [6, 6.07) is 0. The van der Waals surface area contributed by atoms with Crippen molar-refractivity contribution in [3.63, 3.8) is 0 Å². The highest BCUT2D eigenvalue weighted by molar-refractivity contribution is 8.00. The summed E-state index contributed by atoms with van der Waals surface area (Å²) in [4.78, 5) is 0. The molecule has 0 bridgehead atoms. The molecule has 0 amide bonds. The lowest BCUT2D eigenvalue weighted by Crippen LogP contribution is -2.08. The second-order valence-corrected chi connectivity index (χ2v) is 4.01. The van der Waals surface area contributed by atoms with Gasteiger partial charge < -0.3 is 5.11 Å². The Hall–Kier alpha value is 0.660. The lowest BCUT2D eigenvalue weighted by Gasteiger charge is -2.08. The molecule has 0 saturated heterocycles. The van der Waals surface area contributed by atoms with Crippen LogP contribution < -0.4 is 0 Å². The van der Waals surface area contributed by atoms with Crippen LogP contribution in [0.3, 0.4) is 0 Å². The largest absolute Gasteiger partial charge is 0.393 e. The molecule has 0 fully saturated rings. The fraction of sp³-hybridized carbons (Fsp3) is 1.00. The Kier molecular flexibility index (Phi) is 5.84. The molecule has 3 heteroatoms. The van der Waals surface area contributed by atoms with Gasteiger partial charge in [-0.3, -0.25) is 0 Å². The van der Waals surface area contributed by atoms with Crippen molar-refractivity contribution in [2.75, 3.05) is 11.5 Å². The van der Waals surface area contributed by atoms with E-state index in [-0.39, 0.29) is 6.10 Å². The minimum atomic E-state index is -0.183. The van der Waals surface area contributed by atoms with E-state index in [9.17, 15) is 0 Å². The molecule has 0 radical (unpaired) electrons. The minimum Gasteiger partial charge on any atom is -0.393 e. The third kappa shape index (κ3) is 6.55. The van der Waals surface area contributed by atoms with Crippen LogP contribution in [0, 0.1) is 0 Å². The second-order valence-electron chi connectivity index (χ2n) is 2.18. The van der Waals surface area contributed by atoms with Crippen LogP contribution in [0.1, 0.15) is 13.8 Å². The fourth-order valence-corrected chi connectivity index (χ4v) is 1.38. The van der Waals surface area contributed by atoms with Crippen molar-refractivity contribution in [1.82, 2.24) is 0 Å². The van der Waals surface area contributed by atoms with Gasteiger partial charge >= 0.3 is 0 Å². The molecule has 0 spiro atoms. The predicted molar refractivity (Wildman–Crippen MR) is 47.5 cm³/mol. The summed E-state index contributed by atoms with van der Waals surface area (Å²) in [5, 5.41) is 9.41. The molecule has 0 aromatic heterocycles. The third-order valence-corrected chi connectivity index (χ3v) is 3.08. The molecule has 0 aliphatic rings. The van der Waals surface area contributed by atoms with Crippen LogP contribution in [0.5, 0.6) is 0 Å². The molecule has 1 N–H and O–H groups in total. The van der Waals surface area contributed by atoms with E-state index in [1.54, 1.807) is 18.7 Å². The first-order chi connectivity index (χ1) is 4.16. The molecule has 1 nitrogen and oxygen atoms in total. The van der Waals surface area contributed by atoms with E-state index >= 15 is 0 Å². The van der Waals surface area contributed by atoms with Crippen LogP contribution in [0.4, 0.5) is 0 Å². The molecule has 0 aliphatic heterocycles. The number of aliphatic hydroxyl groups excluding tert-OH is 1. The first kappa shape index (κ1) is 9.66. The van der Waals surface area contributed by atoms with E-state index in [1.165, 1.54) is 0 Å². The Morgan fingerprint density at radius 1 is 1.56 bits per heavy atom. The maximum Gasteiger partial charge on any atom is 0.0602 e. The molecule has 0 aromatic carbocycles. The number of hydrogen-bond donors (Lipinski definition) is 2. The Morgan fingerprint density at radius 3 is 2.44 bits per heavy atom. The molecule has 2 unspecified atom stereocenters. The normalized spacial score (nSPS) is 17.3. The van der Waals surface area contributed by atoms with Gasteiger partial charge in [-0.05, 0) is 6.92 Å². The first-order valence-electron chi connectivity index (χ1n) is 3.07. The molecular weight excluding hydrogens is 152 g/mol. The summed E-state index contributed by atoms with van der Waals surface area (Å²) in [6.45, 7) is 3.91. The van der Waals surface area contributed by atoms with Crippen molar-refractivity contribution >= 4 is 24.4 Å². The number of rotatable bonds is 4. The minimum absolute atomic E-state index is 0.183. The van der Waals surface area contributed by atoms with Crippen molar-refractivity contribution in [1.29, 1.82) is 0 Å². The lowest BCUT2D eigenvalue weighted by atomic mass is 10.5. The molecule has 0 aromatic rings. The summed E-state index contributed by atoms with van der Waals surface area (Å²) in [5.41, 5.74) is 0. The Labute approximate surface area is 66.6 Å². The first-order valence-corrected chi connectivity index (χ1v) is 4.75. The highest BCUT2D eigenvalue weighted by Gasteiger charge is 2.01. The topological polar surface area (TPSA) is 20.2 Å². The highest BCUT2D eigenvalue weighted by Crippen LogP contribution is 2.12. The van der Waals surface area contributed by atoms with E-state index in [4.69, 9.17) is 5.11 Å². The fourth-order valence-electron chi connectivity index (χ4n) is 0.356. The maximum absolute atomic E-state index is 8.85. The van der Waals surface area contributed by atoms with Gasteiger partial charge in [0.25, 0.3) is 0 Å². The average Bonchev–Trinajstić information content (AvgIpc) is 1.83. The molecule has 0 rings (SSSR count). The van der Waals surface area contributed by atoms with Crippen molar-refractivity contribution in [3.05, 3.63) is 0 Å². The zero-order valence-electron chi connectivity index (χ0n) is 5.87. The van der Waals surface area contributed by atoms with Crippen LogP contribution in [0.15, 0.2) is 0 Å². The summed E-state index contributed by atoms with van der Waals surface area (Å²) >= 11 is 5.87. The van der Waals surface area contributed by atoms with E-state index < -0.39 is 0 Å². The predicted octanol–water partition coefficient (Wildman–Crippen LogP) is 1.42. The van der Waals surface area contributed by atoms with Gasteiger partial charge in [0.15, 0.2) is 0 Å². The molecule has 2 atom stereocenters. The monoisotopic (exact) mass is 166 g/mol. The zero-order valence-corrected chi connectivity index (χ0v) is 7.58. The van der Waals surface area contributed by atoms with Gasteiger partial charge in [-0.1, -0.05) is 6.92 Å². The lowest BCUT2D eigenvalue weighted by molar-refractivity contribution is 0.220. The van der Waals surface area contributed by atoms with Gasteiger partial charge in [0.1, 0.15) is 0 Å². The van der Waals surface area contributed by atoms with Crippen molar-refractivity contribution < 1.29 is 5.11 Å². The maximum atomic E-state index is 8.85. The van der Waals surface area contributed by atoms with E-state index in [0.717, 1.165) is 11.5 Å². The van der Waals surface area contributed by atoms with Crippen LogP contribution in [0.25, 0.3) is 0 Å². The van der Waals surface area contributed by atoms with Crippen LogP contribution in [0.2, 0.25) is 0 Å². The molecule has 0 aliphatic carbocycles. The number of thiol groups is 1. The summed E-state index contributed by atoms with van der Waals surface area (Å²) in [6.07, 6.45) is -0.183. The van der Waals surface area contributed by atoms with E-state index in [1.807, 2.05) is 0 Å². The number of hydrogen-bond acceptors (Lipinski definition) is 3. The number of thioether (sulfide) groups is 1. The SMILES string of the molecule is CC(O)CSC(C)CS. The van der Waals surface area contributed by atoms with E-state index in [2.05, 4.69) is 19.6 Å². The average molecular weight is 166 g/mol. The molecule has 0 heterocycles. The zero-order chi connectivity index (χ0) is 7.28. The quantitative estimate of drug-likeness (QED) is 0.616. The van der Waals surface area contributed by atoms with Gasteiger partial charge in [0.2, 0.25) is 0 Å². The molecular formula is C6H14OS2. The smallest absolute Gasteiger partial charge is 0.0602 e. The Morgan fingerprint density at radius 2 is 2.11 bits per heavy atom. The van der Waals surface area contributed by atoms with Gasteiger partial charge in [-0.2, -0.15) is 24.4 Å². The van der Waals surface area contributed by atoms with E-state index in [0.29, 0.717) is 5.25 Å². The summed E-state index contributed by atoms with van der Waals surface area (Å²) in [7, 11) is 0. The molecule has 0 saturated carbocycles. The van der Waals surface area contributed by atoms with Crippen molar-refractivity contribution in [3.8, 4) is 0 Å². The second kappa shape index (κ2) is 5.45. The third-order valence-electron chi connectivity index (χ3n) is 0.879. The summed E-state index contributed by atoms with van der Waals surface area (Å²) in [5.74, 6) is 1.71. The van der Waals surface area contributed by atoms with Crippen LogP contribution >= 0.6 is 24.4 Å². The van der Waals surface area contributed by atoms with Crippen molar-refractivity contribution in [2.45, 2.75) is 25.2 Å². The summed E-state index contributed by atoms with van der Waals surface area (Å²) < 4.78 is 0. The van der Waals surface area contributed by atoms with Gasteiger partial charge in [-0.15, -0.1) is 0 Å². The molecule has 9 heavy (non-hydrogen) atoms. The van der Waals surface area contributed by atoms with Crippen LogP contribution in [-0.4, -0.2) is 28.0 Å². The van der Waals surface area contributed by atoms with Gasteiger partial charge in [0, 0.05) is 16.8 Å². The molecule has 56 valence electrons. The Balaban J connectivity index is 3.06. The van der Waals surface area contributed by atoms with Gasteiger partial charge in [0.05, 0.1) is 6.10 Å². The highest BCUT2D eigenvalue weighted by atomic mass is 32.2. The van der Waals surface area contributed by atoms with Crippen LogP contribution in [-0.2, 0) is 0 Å². The van der Waals surface area contributed by atoms with Crippen molar-refractivity contribution in [2.24, 2.45) is 0 Å². The standard InChI is InChI=1S/C6H14OS2/c1-5(7)4-9-6(2)3-8/h5-8H,3-4H2,1-2H3. The number of aliphatic hydroxyl groups is 1. The van der Waals surface area contributed by atoms with Gasteiger partial charge in [-0.25, -0.2) is 0 Å².